The molecule has 0 radical (unpaired) electrons. The molecule has 1 aliphatic carbocycles. The molecule has 2 heterocycles. The Kier molecular flexibility index (Phi) is 9.69. The monoisotopic (exact) mass is 556 g/mol. The molecule has 3 fully saturated rings. The predicted octanol–water partition coefficient (Wildman–Crippen LogP) is 7.39. The molecule has 3 aliphatic rings. The third-order valence-corrected chi connectivity index (χ3v) is 9.84. The molecule has 2 aromatic carbocycles. The Hall–Kier alpha value is -1.59. The average molecular weight is 558 g/mol. The summed E-state index contributed by atoms with van der Waals surface area (Å²) in [5.74, 6) is 1.63. The van der Waals surface area contributed by atoms with Gasteiger partial charge in [-0.15, -0.1) is 0 Å². The summed E-state index contributed by atoms with van der Waals surface area (Å²) in [5, 5.41) is 11.5. The molecule has 6 heteroatoms. The van der Waals surface area contributed by atoms with E-state index in [0.29, 0.717) is 17.8 Å². The van der Waals surface area contributed by atoms with E-state index in [-0.39, 0.29) is 6.04 Å². The Labute approximate surface area is 238 Å². The second kappa shape index (κ2) is 13.2. The number of nitrogens with zero attached hydrogens (tertiary/aromatic N) is 2. The van der Waals surface area contributed by atoms with Gasteiger partial charge in [0, 0.05) is 35.6 Å². The van der Waals surface area contributed by atoms with Gasteiger partial charge in [-0.2, -0.15) is 0 Å². The number of piperidine rings is 1. The minimum Gasteiger partial charge on any atom is -0.480 e. The predicted molar refractivity (Wildman–Crippen MR) is 156 cm³/mol. The Morgan fingerprint density at radius 3 is 2.29 bits per heavy atom. The SMILES string of the molecule is O=C(O)C(CC1CCC1)N1CC(CN2CCC(CCCc3cc(Cl)cc(Cl)c3)CC2)C(c2ccccc2)C1. The molecule has 2 aliphatic heterocycles. The van der Waals surface area contributed by atoms with Crippen LogP contribution in [0.5, 0.6) is 0 Å². The van der Waals surface area contributed by atoms with Crippen molar-refractivity contribution in [1.82, 2.24) is 9.80 Å². The van der Waals surface area contributed by atoms with E-state index in [9.17, 15) is 9.90 Å². The maximum absolute atomic E-state index is 12.3. The highest BCUT2D eigenvalue weighted by Crippen LogP contribution is 2.38. The van der Waals surface area contributed by atoms with Crippen molar-refractivity contribution in [2.75, 3.05) is 32.7 Å². The molecular formula is C32H42Cl2N2O2. The fraction of sp³-hybridized carbons (Fsp3) is 0.594. The largest absolute Gasteiger partial charge is 0.480 e. The molecule has 38 heavy (non-hydrogen) atoms. The molecule has 3 atom stereocenters. The molecular weight excluding hydrogens is 515 g/mol. The number of carbonyl (C=O) groups is 1. The van der Waals surface area contributed by atoms with Crippen LogP contribution in [-0.2, 0) is 11.2 Å². The van der Waals surface area contributed by atoms with E-state index in [1.807, 2.05) is 12.1 Å². The summed E-state index contributed by atoms with van der Waals surface area (Å²) in [7, 11) is 0. The number of hydrogen-bond donors (Lipinski definition) is 1. The molecule has 0 aromatic heterocycles. The molecule has 0 bridgehead atoms. The first-order valence-electron chi connectivity index (χ1n) is 14.6. The van der Waals surface area contributed by atoms with Crippen LogP contribution in [0.25, 0.3) is 0 Å². The Morgan fingerprint density at radius 2 is 1.66 bits per heavy atom. The summed E-state index contributed by atoms with van der Waals surface area (Å²) >= 11 is 12.3. The first-order valence-corrected chi connectivity index (χ1v) is 15.4. The Bertz CT molecular complexity index is 1030. The fourth-order valence-corrected chi connectivity index (χ4v) is 7.58. The zero-order valence-corrected chi connectivity index (χ0v) is 23.9. The summed E-state index contributed by atoms with van der Waals surface area (Å²) in [4.78, 5) is 17.2. The molecule has 4 nitrogen and oxygen atoms in total. The summed E-state index contributed by atoms with van der Waals surface area (Å²) in [6, 6.07) is 16.3. The minimum atomic E-state index is -0.634. The normalized spacial score (nSPS) is 24.4. The van der Waals surface area contributed by atoms with Crippen molar-refractivity contribution in [3.8, 4) is 0 Å². The highest BCUT2D eigenvalue weighted by Gasteiger charge is 2.41. The van der Waals surface area contributed by atoms with Crippen molar-refractivity contribution in [1.29, 1.82) is 0 Å². The third-order valence-electron chi connectivity index (χ3n) is 9.40. The number of aryl methyl sites for hydroxylation is 1. The Morgan fingerprint density at radius 1 is 0.947 bits per heavy atom. The van der Waals surface area contributed by atoms with Crippen LogP contribution in [-0.4, -0.2) is 59.6 Å². The van der Waals surface area contributed by atoms with Crippen LogP contribution >= 0.6 is 23.2 Å². The van der Waals surface area contributed by atoms with Crippen LogP contribution in [0, 0.1) is 17.8 Å². The van der Waals surface area contributed by atoms with Gasteiger partial charge in [0.1, 0.15) is 6.04 Å². The molecule has 5 rings (SSSR count). The zero-order valence-electron chi connectivity index (χ0n) is 22.4. The van der Waals surface area contributed by atoms with E-state index < -0.39 is 5.97 Å². The van der Waals surface area contributed by atoms with E-state index >= 15 is 0 Å². The fourth-order valence-electron chi connectivity index (χ4n) is 7.01. The van der Waals surface area contributed by atoms with Crippen LogP contribution in [0.3, 0.4) is 0 Å². The van der Waals surface area contributed by atoms with Crippen LogP contribution in [0.2, 0.25) is 10.0 Å². The maximum atomic E-state index is 12.3. The third kappa shape index (κ3) is 7.33. The van der Waals surface area contributed by atoms with Gasteiger partial charge >= 0.3 is 5.97 Å². The van der Waals surface area contributed by atoms with Crippen LogP contribution in [0.4, 0.5) is 0 Å². The number of benzene rings is 2. The van der Waals surface area contributed by atoms with Crippen LogP contribution in [0.15, 0.2) is 48.5 Å². The first-order chi connectivity index (χ1) is 18.4. The summed E-state index contributed by atoms with van der Waals surface area (Å²) < 4.78 is 0. The van der Waals surface area contributed by atoms with Crippen molar-refractivity contribution in [3.05, 3.63) is 69.7 Å². The van der Waals surface area contributed by atoms with Crippen molar-refractivity contribution in [2.24, 2.45) is 17.8 Å². The highest BCUT2D eigenvalue weighted by molar-refractivity contribution is 6.34. The van der Waals surface area contributed by atoms with Gasteiger partial charge in [0.05, 0.1) is 0 Å². The van der Waals surface area contributed by atoms with Crippen LogP contribution < -0.4 is 0 Å². The van der Waals surface area contributed by atoms with Crippen molar-refractivity contribution < 1.29 is 9.90 Å². The Balaban J connectivity index is 1.14. The van der Waals surface area contributed by atoms with E-state index in [1.165, 1.54) is 56.1 Å². The number of halogens is 2. The summed E-state index contributed by atoms with van der Waals surface area (Å²) in [6.07, 6.45) is 10.4. The van der Waals surface area contributed by atoms with Crippen molar-refractivity contribution in [3.63, 3.8) is 0 Å². The molecule has 0 amide bonds. The molecule has 1 saturated carbocycles. The van der Waals surface area contributed by atoms with Crippen molar-refractivity contribution in [2.45, 2.75) is 69.7 Å². The molecule has 206 valence electrons. The quantitative estimate of drug-likeness (QED) is 0.313. The minimum absolute atomic E-state index is 0.336. The van der Waals surface area contributed by atoms with Gasteiger partial charge in [-0.1, -0.05) is 79.2 Å². The average Bonchev–Trinajstić information content (AvgIpc) is 3.27. The second-order valence-corrected chi connectivity index (χ2v) is 12.9. The van der Waals surface area contributed by atoms with E-state index in [0.717, 1.165) is 61.5 Å². The van der Waals surface area contributed by atoms with Crippen molar-refractivity contribution >= 4 is 29.2 Å². The standard InChI is InChI=1S/C32H42Cl2N2O2/c33-28-16-25(17-29(34)19-28)9-4-6-23-12-14-35(15-13-23)20-27-21-36(22-30(27)26-10-2-1-3-11-26)31(32(37)38)18-24-7-5-8-24/h1-3,10-11,16-17,19,23-24,27,30-31H,4-9,12-15,18,20-22H2,(H,37,38). The van der Waals surface area contributed by atoms with Gasteiger partial charge in [0.15, 0.2) is 0 Å². The number of hydrogen-bond acceptors (Lipinski definition) is 3. The molecule has 3 unspecified atom stereocenters. The highest BCUT2D eigenvalue weighted by atomic mass is 35.5. The van der Waals surface area contributed by atoms with Gasteiger partial charge in [0.2, 0.25) is 0 Å². The second-order valence-electron chi connectivity index (χ2n) is 12.0. The lowest BCUT2D eigenvalue weighted by molar-refractivity contribution is -0.144. The lowest BCUT2D eigenvalue weighted by Gasteiger charge is -2.35. The van der Waals surface area contributed by atoms with Gasteiger partial charge in [-0.05, 0) is 92.3 Å². The number of carboxylic acid groups (broad SMARTS) is 1. The maximum Gasteiger partial charge on any atom is 0.320 e. The first kappa shape index (κ1) is 28.0. The molecule has 1 N–H and O–H groups in total. The zero-order chi connectivity index (χ0) is 26.5. The number of aliphatic carboxylic acids is 1. The molecule has 0 spiro atoms. The van der Waals surface area contributed by atoms with E-state index in [1.54, 1.807) is 6.07 Å². The smallest absolute Gasteiger partial charge is 0.320 e. The lowest BCUT2D eigenvalue weighted by Crippen LogP contribution is -2.43. The number of carboxylic acids is 1. The van der Waals surface area contributed by atoms with E-state index in [4.69, 9.17) is 23.2 Å². The van der Waals surface area contributed by atoms with E-state index in [2.05, 4.69) is 40.1 Å². The van der Waals surface area contributed by atoms with Gasteiger partial charge in [-0.3, -0.25) is 9.69 Å². The number of rotatable bonds is 11. The lowest BCUT2D eigenvalue weighted by atomic mass is 9.80. The number of likely N-dealkylation sites (tertiary alicyclic amines) is 2. The van der Waals surface area contributed by atoms with Gasteiger partial charge in [-0.25, -0.2) is 0 Å². The molecule has 2 saturated heterocycles. The molecule has 2 aromatic rings. The topological polar surface area (TPSA) is 43.8 Å². The summed E-state index contributed by atoms with van der Waals surface area (Å²) in [5.41, 5.74) is 2.60. The van der Waals surface area contributed by atoms with Gasteiger partial charge in [0.25, 0.3) is 0 Å². The summed E-state index contributed by atoms with van der Waals surface area (Å²) in [6.45, 7) is 5.12. The van der Waals surface area contributed by atoms with Crippen LogP contribution in [0.1, 0.15) is 68.4 Å². The van der Waals surface area contributed by atoms with Gasteiger partial charge < -0.3 is 10.0 Å².